The van der Waals surface area contributed by atoms with E-state index >= 15 is 0 Å². The zero-order chi connectivity index (χ0) is 18.2. The first kappa shape index (κ1) is 19.4. The average Bonchev–Trinajstić information content (AvgIpc) is 2.67. The summed E-state index contributed by atoms with van der Waals surface area (Å²) < 4.78 is 33.7. The molecule has 0 saturated carbocycles. The largest absolute Gasteiger partial charge is 0.494 e. The highest BCUT2D eigenvalue weighted by molar-refractivity contribution is 7.93. The molecule has 8 heteroatoms. The number of aliphatic hydroxyl groups is 1. The highest BCUT2D eigenvalue weighted by Gasteiger charge is 2.51. The highest BCUT2D eigenvalue weighted by Crippen LogP contribution is 2.36. The van der Waals surface area contributed by atoms with E-state index in [1.807, 2.05) is 33.8 Å². The molecule has 0 aliphatic carbocycles. The highest BCUT2D eigenvalue weighted by atomic mass is 32.2. The fraction of sp³-hybridized carbons (Fsp3) is 0.625. The molecule has 1 aromatic carbocycles. The molecule has 0 aromatic heterocycles. The zero-order valence-corrected chi connectivity index (χ0v) is 15.9. The monoisotopic (exact) mass is 355 g/mol. The van der Waals surface area contributed by atoms with Crippen molar-refractivity contribution in [3.05, 3.63) is 24.3 Å². The summed E-state index contributed by atoms with van der Waals surface area (Å²) >= 11 is 0. The number of hydrogen-bond donors (Lipinski definition) is 1. The smallest absolute Gasteiger partial charge is 0.399 e. The van der Waals surface area contributed by atoms with Crippen LogP contribution >= 0.6 is 0 Å². The molecule has 2 unspecified atom stereocenters. The number of rotatable bonds is 5. The van der Waals surface area contributed by atoms with E-state index in [2.05, 4.69) is 4.36 Å². The van der Waals surface area contributed by atoms with E-state index in [9.17, 15) is 9.32 Å². The standard InChI is InChI=1S/C16H26BNO5S/c1-7-21-14(19)18-24(6,20)13-10-8-9-12(11-13)17-22-15(2,3)16(4,5)23-17/h8-11,14,19H,7H2,1-6H3. The molecule has 1 saturated heterocycles. The molecule has 1 aliphatic heterocycles. The quantitative estimate of drug-likeness (QED) is 0.643. The van der Waals surface area contributed by atoms with Crippen molar-refractivity contribution in [3.8, 4) is 0 Å². The molecular weight excluding hydrogens is 329 g/mol. The van der Waals surface area contributed by atoms with Gasteiger partial charge in [0.25, 0.3) is 6.41 Å². The SMILES string of the molecule is CCOC(O)N=S(C)(=O)c1cccc(B2OC(C)(C)C(C)(C)O2)c1. The number of nitrogens with zero attached hydrogens (tertiary/aromatic N) is 1. The molecule has 0 radical (unpaired) electrons. The molecule has 1 heterocycles. The Morgan fingerprint density at radius 3 is 2.42 bits per heavy atom. The Morgan fingerprint density at radius 1 is 1.29 bits per heavy atom. The molecular formula is C16H26BNO5S. The van der Waals surface area contributed by atoms with Crippen molar-refractivity contribution in [2.75, 3.05) is 12.9 Å². The Balaban J connectivity index is 2.32. The summed E-state index contributed by atoms with van der Waals surface area (Å²) in [5, 5.41) is 9.65. The lowest BCUT2D eigenvalue weighted by atomic mass is 9.79. The molecule has 1 aromatic rings. The topological polar surface area (TPSA) is 77.4 Å². The van der Waals surface area contributed by atoms with Gasteiger partial charge in [-0.15, -0.1) is 0 Å². The minimum absolute atomic E-state index is 0.286. The fourth-order valence-electron chi connectivity index (χ4n) is 2.29. The molecule has 134 valence electrons. The normalized spacial score (nSPS) is 22.9. The summed E-state index contributed by atoms with van der Waals surface area (Å²) in [5.74, 6) is 0. The maximum atomic E-state index is 12.8. The van der Waals surface area contributed by atoms with E-state index in [0.29, 0.717) is 4.90 Å². The third kappa shape index (κ3) is 4.00. The van der Waals surface area contributed by atoms with Crippen LogP contribution in [0.5, 0.6) is 0 Å². The third-order valence-corrected chi connectivity index (χ3v) is 6.14. The number of aliphatic hydroxyl groups excluding tert-OH is 1. The van der Waals surface area contributed by atoms with Crippen LogP contribution in [0.4, 0.5) is 0 Å². The molecule has 6 nitrogen and oxygen atoms in total. The van der Waals surface area contributed by atoms with Crippen LogP contribution in [-0.2, 0) is 23.8 Å². The minimum Gasteiger partial charge on any atom is -0.399 e. The second kappa shape index (κ2) is 6.76. The van der Waals surface area contributed by atoms with Gasteiger partial charge in [-0.1, -0.05) is 12.1 Å². The molecule has 24 heavy (non-hydrogen) atoms. The van der Waals surface area contributed by atoms with E-state index in [1.54, 1.807) is 25.1 Å². The van der Waals surface area contributed by atoms with Crippen molar-refractivity contribution in [2.24, 2.45) is 4.36 Å². The van der Waals surface area contributed by atoms with Crippen molar-refractivity contribution in [1.29, 1.82) is 0 Å². The molecule has 1 fully saturated rings. The molecule has 1 aliphatic rings. The molecule has 0 bridgehead atoms. The van der Waals surface area contributed by atoms with Crippen LogP contribution in [-0.4, -0.2) is 46.9 Å². The van der Waals surface area contributed by atoms with Gasteiger partial charge in [-0.25, -0.2) is 4.21 Å². The number of benzene rings is 1. The predicted molar refractivity (Wildman–Crippen MR) is 94.6 cm³/mol. The van der Waals surface area contributed by atoms with Crippen LogP contribution in [0, 0.1) is 0 Å². The maximum absolute atomic E-state index is 12.8. The van der Waals surface area contributed by atoms with Gasteiger partial charge in [0.05, 0.1) is 20.9 Å². The maximum Gasteiger partial charge on any atom is 0.494 e. The summed E-state index contributed by atoms with van der Waals surface area (Å²) in [7, 11) is -3.34. The number of ether oxygens (including phenoxy) is 1. The van der Waals surface area contributed by atoms with Crippen LogP contribution < -0.4 is 5.46 Å². The van der Waals surface area contributed by atoms with E-state index in [-0.39, 0.29) is 6.61 Å². The summed E-state index contributed by atoms with van der Waals surface area (Å²) in [4.78, 5) is 0.494. The lowest BCUT2D eigenvalue weighted by Gasteiger charge is -2.32. The lowest BCUT2D eigenvalue weighted by molar-refractivity contribution is -0.0856. The Bertz CT molecular complexity index is 696. The molecule has 2 rings (SSSR count). The average molecular weight is 355 g/mol. The lowest BCUT2D eigenvalue weighted by Crippen LogP contribution is -2.41. The van der Waals surface area contributed by atoms with Crippen molar-refractivity contribution in [2.45, 2.75) is 57.1 Å². The Morgan fingerprint density at radius 2 is 1.88 bits per heavy atom. The van der Waals surface area contributed by atoms with Crippen molar-refractivity contribution in [3.63, 3.8) is 0 Å². The van der Waals surface area contributed by atoms with Gasteiger partial charge >= 0.3 is 7.12 Å². The summed E-state index contributed by atoms with van der Waals surface area (Å²) in [5.41, 5.74) is -0.130. The molecule has 0 spiro atoms. The Hall–Kier alpha value is -0.925. The van der Waals surface area contributed by atoms with Gasteiger partial charge < -0.3 is 19.2 Å². The second-order valence-electron chi connectivity index (χ2n) is 6.85. The summed E-state index contributed by atoms with van der Waals surface area (Å²) in [6.45, 7) is 9.94. The molecule has 2 atom stereocenters. The van der Waals surface area contributed by atoms with E-state index in [0.717, 1.165) is 5.46 Å². The van der Waals surface area contributed by atoms with Crippen LogP contribution in [0.3, 0.4) is 0 Å². The first-order valence-electron chi connectivity index (χ1n) is 7.95. The Labute approximate surface area is 144 Å². The van der Waals surface area contributed by atoms with Crippen LogP contribution in [0.1, 0.15) is 34.6 Å². The second-order valence-corrected chi connectivity index (χ2v) is 9.14. The van der Waals surface area contributed by atoms with Crippen molar-refractivity contribution in [1.82, 2.24) is 0 Å². The van der Waals surface area contributed by atoms with E-state index in [4.69, 9.17) is 14.0 Å². The van der Waals surface area contributed by atoms with Gasteiger partial charge in [-0.05, 0) is 52.2 Å². The van der Waals surface area contributed by atoms with Gasteiger partial charge in [-0.2, -0.15) is 4.36 Å². The Kier molecular flexibility index (Phi) is 5.47. The predicted octanol–water partition coefficient (Wildman–Crippen LogP) is 1.75. The molecule has 1 N–H and O–H groups in total. The summed E-state index contributed by atoms with van der Waals surface area (Å²) in [6.07, 6.45) is 0.0616. The van der Waals surface area contributed by atoms with Crippen LogP contribution in [0.15, 0.2) is 33.5 Å². The van der Waals surface area contributed by atoms with Gasteiger partial charge in [-0.3, -0.25) is 0 Å². The molecule has 0 amide bonds. The van der Waals surface area contributed by atoms with Gasteiger partial charge in [0.2, 0.25) is 0 Å². The van der Waals surface area contributed by atoms with E-state index in [1.165, 1.54) is 6.26 Å². The van der Waals surface area contributed by atoms with Crippen molar-refractivity contribution >= 4 is 22.3 Å². The first-order chi connectivity index (χ1) is 11.0. The zero-order valence-electron chi connectivity index (χ0n) is 15.1. The van der Waals surface area contributed by atoms with Crippen LogP contribution in [0.25, 0.3) is 0 Å². The van der Waals surface area contributed by atoms with Gasteiger partial charge in [0.1, 0.15) is 0 Å². The van der Waals surface area contributed by atoms with Crippen LogP contribution in [0.2, 0.25) is 0 Å². The summed E-state index contributed by atoms with van der Waals surface area (Å²) in [6, 6.07) is 7.09. The van der Waals surface area contributed by atoms with Crippen molar-refractivity contribution < 1.29 is 23.4 Å². The minimum atomic E-state index is -2.80. The first-order valence-corrected chi connectivity index (χ1v) is 9.87. The van der Waals surface area contributed by atoms with Gasteiger partial charge in [0.15, 0.2) is 0 Å². The van der Waals surface area contributed by atoms with Gasteiger partial charge in [0, 0.05) is 17.8 Å². The number of hydrogen-bond acceptors (Lipinski definition) is 6. The third-order valence-electron chi connectivity index (χ3n) is 4.43. The fourth-order valence-corrected chi connectivity index (χ4v) is 3.50. The van der Waals surface area contributed by atoms with E-state index < -0.39 is 34.5 Å².